The number of hydrogen-bond acceptors (Lipinski definition) is 2. The van der Waals surface area contributed by atoms with Gasteiger partial charge in [-0.15, -0.1) is 12.4 Å². The van der Waals surface area contributed by atoms with Gasteiger partial charge < -0.3 is 10.4 Å². The lowest BCUT2D eigenvalue weighted by Crippen LogP contribution is -2.61. The monoisotopic (exact) mass is 307 g/mol. The molecule has 5 rings (SSSR count). The topological polar surface area (TPSA) is 32.3 Å². The number of benzene rings is 1. The van der Waals surface area contributed by atoms with E-state index in [0.717, 1.165) is 24.9 Å². The molecule has 0 amide bonds. The first-order valence-electron chi connectivity index (χ1n) is 8.21. The van der Waals surface area contributed by atoms with E-state index < -0.39 is 5.60 Å². The summed E-state index contributed by atoms with van der Waals surface area (Å²) in [6, 6.07) is 10.5. The first kappa shape index (κ1) is 15.3. The number of rotatable bonds is 4. The van der Waals surface area contributed by atoms with Gasteiger partial charge in [-0.3, -0.25) is 0 Å². The molecule has 0 spiro atoms. The van der Waals surface area contributed by atoms with E-state index >= 15 is 0 Å². The summed E-state index contributed by atoms with van der Waals surface area (Å²) >= 11 is 0. The van der Waals surface area contributed by atoms with E-state index in [1.54, 1.807) is 0 Å². The van der Waals surface area contributed by atoms with Gasteiger partial charge in [0.15, 0.2) is 0 Å². The fraction of sp³-hybridized carbons (Fsp3) is 0.667. The largest absolute Gasteiger partial charge is 0.388 e. The highest BCUT2D eigenvalue weighted by Crippen LogP contribution is 2.58. The summed E-state index contributed by atoms with van der Waals surface area (Å²) in [5, 5.41) is 14.7. The van der Waals surface area contributed by atoms with Crippen LogP contribution < -0.4 is 5.32 Å². The predicted molar refractivity (Wildman–Crippen MR) is 87.4 cm³/mol. The van der Waals surface area contributed by atoms with Gasteiger partial charge in [0.1, 0.15) is 0 Å². The Morgan fingerprint density at radius 2 is 1.52 bits per heavy atom. The van der Waals surface area contributed by atoms with Gasteiger partial charge in [0.2, 0.25) is 0 Å². The van der Waals surface area contributed by atoms with Crippen molar-refractivity contribution in [1.29, 1.82) is 0 Å². The zero-order valence-electron chi connectivity index (χ0n) is 12.5. The van der Waals surface area contributed by atoms with Crippen molar-refractivity contribution >= 4 is 12.4 Å². The minimum Gasteiger partial charge on any atom is -0.388 e. The van der Waals surface area contributed by atoms with Gasteiger partial charge in [-0.2, -0.15) is 0 Å². The van der Waals surface area contributed by atoms with Crippen LogP contribution in [0.2, 0.25) is 0 Å². The van der Waals surface area contributed by atoms with Crippen LogP contribution in [-0.2, 0) is 6.54 Å². The van der Waals surface area contributed by atoms with Crippen LogP contribution >= 0.6 is 12.4 Å². The SMILES string of the molecule is Cl.OC1(CNCc2ccccc2)C2CC3CC(C2)CC1C3. The average Bonchev–Trinajstić information content (AvgIpc) is 2.45. The maximum atomic E-state index is 11.2. The minimum atomic E-state index is -0.428. The van der Waals surface area contributed by atoms with E-state index in [-0.39, 0.29) is 12.4 Å². The third kappa shape index (κ3) is 2.74. The van der Waals surface area contributed by atoms with Crippen LogP contribution in [0, 0.1) is 23.7 Å². The fourth-order valence-corrected chi connectivity index (χ4v) is 5.29. The van der Waals surface area contributed by atoms with E-state index in [4.69, 9.17) is 0 Å². The molecule has 3 heteroatoms. The molecule has 4 aliphatic carbocycles. The Labute approximate surface area is 133 Å². The maximum Gasteiger partial charge on any atom is 0.0827 e. The van der Waals surface area contributed by atoms with Crippen molar-refractivity contribution in [3.63, 3.8) is 0 Å². The first-order valence-corrected chi connectivity index (χ1v) is 8.21. The summed E-state index contributed by atoms with van der Waals surface area (Å²) < 4.78 is 0. The van der Waals surface area contributed by atoms with Crippen molar-refractivity contribution in [2.75, 3.05) is 6.54 Å². The smallest absolute Gasteiger partial charge is 0.0827 e. The second-order valence-corrected chi connectivity index (χ2v) is 7.38. The Hall–Kier alpha value is -0.570. The number of aliphatic hydroxyl groups is 1. The molecule has 1 aromatic carbocycles. The molecule has 116 valence electrons. The van der Waals surface area contributed by atoms with Crippen LogP contribution in [0.3, 0.4) is 0 Å². The number of halogens is 1. The molecule has 4 bridgehead atoms. The maximum absolute atomic E-state index is 11.2. The Morgan fingerprint density at radius 3 is 2.10 bits per heavy atom. The van der Waals surface area contributed by atoms with Crippen molar-refractivity contribution < 1.29 is 5.11 Å². The van der Waals surface area contributed by atoms with E-state index in [1.165, 1.54) is 37.7 Å². The lowest BCUT2D eigenvalue weighted by Gasteiger charge is -2.59. The van der Waals surface area contributed by atoms with E-state index in [0.29, 0.717) is 11.8 Å². The molecule has 0 atom stereocenters. The summed E-state index contributed by atoms with van der Waals surface area (Å²) in [6.07, 6.45) is 6.54. The van der Waals surface area contributed by atoms with Gasteiger partial charge in [-0.05, 0) is 61.3 Å². The molecule has 0 heterocycles. The van der Waals surface area contributed by atoms with Crippen LogP contribution in [0.15, 0.2) is 30.3 Å². The van der Waals surface area contributed by atoms with Crippen LogP contribution in [0.1, 0.15) is 37.7 Å². The highest BCUT2D eigenvalue weighted by atomic mass is 35.5. The van der Waals surface area contributed by atoms with Gasteiger partial charge in [-0.25, -0.2) is 0 Å². The Kier molecular flexibility index (Phi) is 4.31. The molecule has 0 unspecified atom stereocenters. The summed E-state index contributed by atoms with van der Waals surface area (Å²) in [4.78, 5) is 0. The molecule has 0 saturated heterocycles. The van der Waals surface area contributed by atoms with Gasteiger partial charge in [0, 0.05) is 13.1 Å². The first-order chi connectivity index (χ1) is 9.74. The molecule has 4 fully saturated rings. The van der Waals surface area contributed by atoms with Crippen molar-refractivity contribution in [2.45, 2.75) is 44.2 Å². The molecule has 21 heavy (non-hydrogen) atoms. The number of hydrogen-bond donors (Lipinski definition) is 2. The summed E-state index contributed by atoms with van der Waals surface area (Å²) in [7, 11) is 0. The molecular weight excluding hydrogens is 282 g/mol. The Balaban J connectivity index is 0.00000132. The molecule has 0 aliphatic heterocycles. The summed E-state index contributed by atoms with van der Waals surface area (Å²) in [6.45, 7) is 1.64. The molecular formula is C18H26ClNO. The average molecular weight is 308 g/mol. The Bertz CT molecular complexity index is 447. The van der Waals surface area contributed by atoms with Gasteiger partial charge >= 0.3 is 0 Å². The lowest BCUT2D eigenvalue weighted by molar-refractivity contribution is -0.169. The van der Waals surface area contributed by atoms with Gasteiger partial charge in [-0.1, -0.05) is 30.3 Å². The molecule has 0 radical (unpaired) electrons. The minimum absolute atomic E-state index is 0. The standard InChI is InChI=1S/C18H25NO.ClH/c20-18(12-19-11-13-4-2-1-3-5-13)16-7-14-6-15(9-16)10-17(18)8-14;/h1-5,14-17,19-20H,6-12H2;1H. The third-order valence-corrected chi connectivity index (χ3v) is 6.13. The number of nitrogens with one attached hydrogen (secondary N) is 1. The normalized spacial score (nSPS) is 40.0. The second-order valence-electron chi connectivity index (χ2n) is 7.38. The lowest BCUT2D eigenvalue weighted by atomic mass is 9.50. The summed E-state index contributed by atoms with van der Waals surface area (Å²) in [5.74, 6) is 2.96. The van der Waals surface area contributed by atoms with Crippen molar-refractivity contribution in [3.05, 3.63) is 35.9 Å². The molecule has 4 saturated carbocycles. The third-order valence-electron chi connectivity index (χ3n) is 6.13. The molecule has 4 aliphatic rings. The molecule has 2 N–H and O–H groups in total. The van der Waals surface area contributed by atoms with Crippen LogP contribution in [-0.4, -0.2) is 17.3 Å². The predicted octanol–water partition coefficient (Wildman–Crippen LogP) is 3.39. The zero-order valence-corrected chi connectivity index (χ0v) is 13.3. The van der Waals surface area contributed by atoms with E-state index in [2.05, 4.69) is 35.6 Å². The van der Waals surface area contributed by atoms with Crippen molar-refractivity contribution in [2.24, 2.45) is 23.7 Å². The zero-order chi connectivity index (χ0) is 13.6. The van der Waals surface area contributed by atoms with Crippen molar-refractivity contribution in [1.82, 2.24) is 5.32 Å². The van der Waals surface area contributed by atoms with E-state index in [9.17, 15) is 5.11 Å². The summed E-state index contributed by atoms with van der Waals surface area (Å²) in [5.41, 5.74) is 0.877. The highest BCUT2D eigenvalue weighted by molar-refractivity contribution is 5.85. The highest BCUT2D eigenvalue weighted by Gasteiger charge is 2.56. The molecule has 1 aromatic rings. The fourth-order valence-electron chi connectivity index (χ4n) is 5.29. The molecule has 0 aromatic heterocycles. The van der Waals surface area contributed by atoms with Crippen LogP contribution in [0.4, 0.5) is 0 Å². The quantitative estimate of drug-likeness (QED) is 0.894. The van der Waals surface area contributed by atoms with Gasteiger partial charge in [0.25, 0.3) is 0 Å². The second kappa shape index (κ2) is 5.91. The van der Waals surface area contributed by atoms with Crippen molar-refractivity contribution in [3.8, 4) is 0 Å². The van der Waals surface area contributed by atoms with Crippen LogP contribution in [0.5, 0.6) is 0 Å². The Morgan fingerprint density at radius 1 is 0.952 bits per heavy atom. The van der Waals surface area contributed by atoms with Gasteiger partial charge in [0.05, 0.1) is 5.60 Å². The van der Waals surface area contributed by atoms with Crippen LogP contribution in [0.25, 0.3) is 0 Å². The van der Waals surface area contributed by atoms with E-state index in [1.807, 2.05) is 0 Å². The molecule has 2 nitrogen and oxygen atoms in total.